The smallest absolute Gasteiger partial charge is 0.338 e. The third kappa shape index (κ3) is 3.88. The number of rotatable bonds is 8. The van der Waals surface area contributed by atoms with Crippen LogP contribution in [0, 0.1) is 0 Å². The van der Waals surface area contributed by atoms with E-state index in [-0.39, 0.29) is 34.7 Å². The Morgan fingerprint density at radius 1 is 1.50 bits per heavy atom. The zero-order chi connectivity index (χ0) is 17.7. The van der Waals surface area contributed by atoms with Gasteiger partial charge in [0.1, 0.15) is 0 Å². The fourth-order valence-corrected chi connectivity index (χ4v) is 2.43. The third-order valence-corrected chi connectivity index (χ3v) is 3.64. The number of imidazole rings is 1. The highest BCUT2D eigenvalue weighted by Gasteiger charge is 2.31. The van der Waals surface area contributed by atoms with Crippen LogP contribution in [0.4, 0.5) is 0 Å². The van der Waals surface area contributed by atoms with E-state index in [4.69, 9.17) is 10.3 Å². The van der Waals surface area contributed by atoms with Crippen LogP contribution in [0.25, 0.3) is 11.2 Å². The molecule has 0 radical (unpaired) electrons. The highest BCUT2D eigenvalue weighted by molar-refractivity contribution is 7.99. The lowest BCUT2D eigenvalue weighted by molar-refractivity contribution is -0.179. The van der Waals surface area contributed by atoms with E-state index in [1.807, 2.05) is 0 Å². The van der Waals surface area contributed by atoms with Crippen molar-refractivity contribution in [2.45, 2.75) is 11.2 Å². The maximum Gasteiger partial charge on any atom is 0.338 e. The Kier molecular flexibility index (Phi) is 5.49. The second kappa shape index (κ2) is 7.56. The van der Waals surface area contributed by atoms with Crippen molar-refractivity contribution in [2.24, 2.45) is 0 Å². The number of aromatic amines is 2. The van der Waals surface area contributed by atoms with Crippen molar-refractivity contribution in [3.8, 4) is 0 Å². The molecule has 1 atom stereocenters. The van der Waals surface area contributed by atoms with Gasteiger partial charge < -0.3 is 20.4 Å². The minimum atomic E-state index is -2.03. The van der Waals surface area contributed by atoms with Crippen molar-refractivity contribution >= 4 is 41.2 Å². The molecule has 0 spiro atoms. The van der Waals surface area contributed by atoms with Gasteiger partial charge in [0.15, 0.2) is 16.3 Å². The van der Waals surface area contributed by atoms with E-state index in [0.717, 1.165) is 11.8 Å². The predicted molar refractivity (Wildman–Crippen MR) is 79.4 cm³/mol. The molecule has 2 rings (SSSR count). The molecule has 2 heterocycles. The number of carbonyl (C=O) groups excluding carboxylic acids is 2. The summed E-state index contributed by atoms with van der Waals surface area (Å²) >= 11 is 1.16. The molecule has 0 aliphatic carbocycles. The van der Waals surface area contributed by atoms with Crippen molar-refractivity contribution in [3.63, 3.8) is 0 Å². The van der Waals surface area contributed by atoms with E-state index in [0.29, 0.717) is 10.9 Å². The van der Waals surface area contributed by atoms with Gasteiger partial charge in [-0.25, -0.2) is 19.8 Å². The predicted octanol–water partition coefficient (Wildman–Crippen LogP) is -1.84. The van der Waals surface area contributed by atoms with Gasteiger partial charge in [-0.3, -0.25) is 19.6 Å². The van der Waals surface area contributed by atoms with E-state index in [1.54, 1.807) is 0 Å². The van der Waals surface area contributed by atoms with E-state index in [9.17, 15) is 19.2 Å². The van der Waals surface area contributed by atoms with Gasteiger partial charge in [0.25, 0.3) is 11.5 Å². The number of carbonyl (C=O) groups is 3. The lowest BCUT2D eigenvalue weighted by Crippen LogP contribution is -2.50. The van der Waals surface area contributed by atoms with Crippen LogP contribution in [0.15, 0.2) is 16.3 Å². The first-order chi connectivity index (χ1) is 11.4. The van der Waals surface area contributed by atoms with E-state index < -0.39 is 17.9 Å². The van der Waals surface area contributed by atoms with Crippen LogP contribution in [-0.4, -0.2) is 71.9 Å². The zero-order valence-electron chi connectivity index (χ0n) is 11.9. The highest BCUT2D eigenvalue weighted by atomic mass is 32.2. The molecular formula is C11H12N6O6S. The number of hydroxylamine groups is 2. The van der Waals surface area contributed by atoms with Gasteiger partial charge in [0.2, 0.25) is 12.5 Å². The van der Waals surface area contributed by atoms with Gasteiger partial charge in [0.05, 0.1) is 6.33 Å². The van der Waals surface area contributed by atoms with Crippen molar-refractivity contribution in [2.75, 3.05) is 12.3 Å². The SMILES string of the molecule is O=CN(O)[C@@H](C(=O)O)C(=O)NCCSc1nc2nc[nH]c(=O)c2[nH]1. The van der Waals surface area contributed by atoms with Crippen LogP contribution in [0.2, 0.25) is 0 Å². The van der Waals surface area contributed by atoms with E-state index in [2.05, 4.69) is 25.3 Å². The summed E-state index contributed by atoms with van der Waals surface area (Å²) in [6.45, 7) is 0.0425. The molecule has 2 amide bonds. The first kappa shape index (κ1) is 17.4. The van der Waals surface area contributed by atoms with Gasteiger partial charge in [-0.1, -0.05) is 11.8 Å². The molecule has 5 N–H and O–H groups in total. The monoisotopic (exact) mass is 356 g/mol. The summed E-state index contributed by atoms with van der Waals surface area (Å²) < 4.78 is 0. The van der Waals surface area contributed by atoms with E-state index >= 15 is 0 Å². The molecule has 0 aliphatic rings. The molecule has 128 valence electrons. The summed E-state index contributed by atoms with van der Waals surface area (Å²) in [6, 6.07) is -2.03. The van der Waals surface area contributed by atoms with Crippen molar-refractivity contribution < 1.29 is 24.7 Å². The number of fused-ring (bicyclic) bond motifs is 1. The van der Waals surface area contributed by atoms with Gasteiger partial charge in [-0.05, 0) is 0 Å². The van der Waals surface area contributed by atoms with Gasteiger partial charge in [-0.2, -0.15) is 0 Å². The molecule has 0 aromatic carbocycles. The number of nitrogens with zero attached hydrogens (tertiary/aromatic N) is 3. The zero-order valence-corrected chi connectivity index (χ0v) is 12.7. The highest BCUT2D eigenvalue weighted by Crippen LogP contribution is 2.15. The number of H-pyrrole nitrogens is 2. The van der Waals surface area contributed by atoms with Crippen molar-refractivity contribution in [1.29, 1.82) is 0 Å². The largest absolute Gasteiger partial charge is 0.479 e. The summed E-state index contributed by atoms with van der Waals surface area (Å²) in [4.78, 5) is 57.5. The summed E-state index contributed by atoms with van der Waals surface area (Å²) in [6.07, 6.45) is 1.05. The molecule has 2 aromatic rings. The van der Waals surface area contributed by atoms with Crippen LogP contribution in [-0.2, 0) is 14.4 Å². The molecule has 0 saturated heterocycles. The fourth-order valence-electron chi connectivity index (χ4n) is 1.71. The second-order valence-electron chi connectivity index (χ2n) is 4.34. The Hall–Kier alpha value is -2.93. The number of nitrogens with one attached hydrogen (secondary N) is 3. The number of carboxylic acids is 1. The number of hydrogen-bond acceptors (Lipinski definition) is 8. The van der Waals surface area contributed by atoms with Crippen molar-refractivity contribution in [1.82, 2.24) is 30.3 Å². The number of carboxylic acid groups (broad SMARTS) is 1. The van der Waals surface area contributed by atoms with Crippen molar-refractivity contribution in [3.05, 3.63) is 16.7 Å². The topological polar surface area (TPSA) is 181 Å². The molecule has 0 unspecified atom stereocenters. The number of thioether (sulfide) groups is 1. The van der Waals surface area contributed by atoms with Crippen LogP contribution in [0.3, 0.4) is 0 Å². The first-order valence-electron chi connectivity index (χ1n) is 6.43. The first-order valence-corrected chi connectivity index (χ1v) is 7.42. The van der Waals surface area contributed by atoms with Gasteiger partial charge in [0, 0.05) is 12.3 Å². The normalized spacial score (nSPS) is 11.9. The maximum absolute atomic E-state index is 11.6. The molecule has 0 fully saturated rings. The van der Waals surface area contributed by atoms with Gasteiger partial charge in [-0.15, -0.1) is 0 Å². The van der Waals surface area contributed by atoms with E-state index in [1.165, 1.54) is 6.33 Å². The molecule has 0 saturated carbocycles. The average molecular weight is 356 g/mol. The molecule has 0 bridgehead atoms. The van der Waals surface area contributed by atoms with Crippen LogP contribution in [0.5, 0.6) is 0 Å². The molecule has 2 aromatic heterocycles. The van der Waals surface area contributed by atoms with Crippen LogP contribution in [0.1, 0.15) is 0 Å². The molecule has 0 aliphatic heterocycles. The lowest BCUT2D eigenvalue weighted by atomic mass is 10.3. The van der Waals surface area contributed by atoms with Crippen LogP contribution < -0.4 is 10.9 Å². The summed E-state index contributed by atoms with van der Waals surface area (Å²) in [7, 11) is 0. The standard InChI is InChI=1S/C11H12N6O6S/c18-4-17(23)6(10(21)22)9(20)12-1-2-24-11-15-5-7(16-11)13-3-14-8(5)19/h3-4,6,23H,1-2H2,(H,12,20)(H,21,22)(H2,13,14,15,16,19)/t6-/m1/s1. The fraction of sp³-hybridized carbons (Fsp3) is 0.273. The quantitative estimate of drug-likeness (QED) is 0.0905. The summed E-state index contributed by atoms with van der Waals surface area (Å²) in [5.41, 5.74) is 0.101. The summed E-state index contributed by atoms with van der Waals surface area (Å²) in [5, 5.41) is 20.3. The minimum Gasteiger partial charge on any atom is -0.479 e. The Bertz CT molecular complexity index is 819. The van der Waals surface area contributed by atoms with Gasteiger partial charge >= 0.3 is 5.97 Å². The Labute approximate surface area is 137 Å². The Morgan fingerprint density at radius 2 is 2.25 bits per heavy atom. The third-order valence-electron chi connectivity index (χ3n) is 2.77. The Balaban J connectivity index is 1.88. The molecule has 12 nitrogen and oxygen atoms in total. The Morgan fingerprint density at radius 3 is 2.88 bits per heavy atom. The molecule has 24 heavy (non-hydrogen) atoms. The maximum atomic E-state index is 11.6. The number of hydrogen-bond donors (Lipinski definition) is 5. The number of aromatic nitrogens is 4. The second-order valence-corrected chi connectivity index (χ2v) is 5.42. The molecular weight excluding hydrogens is 344 g/mol. The number of amides is 2. The number of aliphatic carboxylic acids is 1. The summed E-state index contributed by atoms with van der Waals surface area (Å²) in [5.74, 6) is -2.42. The molecule has 13 heteroatoms. The minimum absolute atomic E-state index is 0.0425. The lowest BCUT2D eigenvalue weighted by Gasteiger charge is -2.17. The van der Waals surface area contributed by atoms with Crippen LogP contribution >= 0.6 is 11.8 Å². The average Bonchev–Trinajstić information content (AvgIpc) is 2.95.